The van der Waals surface area contributed by atoms with Gasteiger partial charge in [-0.15, -0.1) is 0 Å². The van der Waals surface area contributed by atoms with Crippen LogP contribution in [0.1, 0.15) is 74.0 Å². The standard InChI is InChI=1S/C46H57N9O11/c1-27(2)20-38(53-40(57)24-48-28(3)56)46(63)52-31-12-18-36(50-23-31)35-17-11-30(22-49-35)44(61)54-37(8-6-7-19-47)45(62)51-25-41(58)55-43(34-16-15-33(64-4)21-39(34)65-5)29-9-13-32(14-10-29)66-26-42(59)60/h9-18,21-23,27,37-38,43H,6-8,19-20,24-26,47H2,1-5H3,(H,48,56)(H,51,62)(H,52,63)(H,53,57)(H,54,61)(H,55,58)(H,59,60)/t37-,38-,43?/m0/s1. The third kappa shape index (κ3) is 16.2. The smallest absolute Gasteiger partial charge is 0.341 e. The minimum atomic E-state index is -1.13. The fraction of sp³-hybridized carbons (Fsp3) is 0.370. The van der Waals surface area contributed by atoms with Crippen LogP contribution in [-0.4, -0.2) is 109 Å². The topological polar surface area (TPSA) is 291 Å². The van der Waals surface area contributed by atoms with Crippen molar-refractivity contribution in [3.8, 4) is 28.6 Å². The number of rotatable bonds is 25. The Morgan fingerprint density at radius 1 is 0.727 bits per heavy atom. The van der Waals surface area contributed by atoms with Crippen molar-refractivity contribution in [1.29, 1.82) is 0 Å². The predicted octanol–water partition coefficient (Wildman–Crippen LogP) is 2.48. The molecule has 0 aliphatic carbocycles. The maximum atomic E-state index is 13.6. The Morgan fingerprint density at radius 3 is 1.98 bits per heavy atom. The summed E-state index contributed by atoms with van der Waals surface area (Å²) < 4.78 is 16.2. The van der Waals surface area contributed by atoms with Crippen LogP contribution < -0.4 is 51.8 Å². The zero-order chi connectivity index (χ0) is 48.2. The lowest BCUT2D eigenvalue weighted by Crippen LogP contribution is -2.49. The van der Waals surface area contributed by atoms with E-state index in [0.717, 1.165) is 0 Å². The Bertz CT molecular complexity index is 2290. The van der Waals surface area contributed by atoms with Crippen LogP contribution in [0.4, 0.5) is 5.69 Å². The second kappa shape index (κ2) is 25.6. The average Bonchev–Trinajstić information content (AvgIpc) is 3.30. The van der Waals surface area contributed by atoms with E-state index >= 15 is 0 Å². The van der Waals surface area contributed by atoms with Gasteiger partial charge in [-0.05, 0) is 92.2 Å². The van der Waals surface area contributed by atoms with Gasteiger partial charge < -0.3 is 57.0 Å². The number of carboxylic acids is 1. The number of ether oxygens (including phenoxy) is 3. The first kappa shape index (κ1) is 51.0. The number of unbranched alkanes of at least 4 members (excludes halogenated alkanes) is 1. The quantitative estimate of drug-likeness (QED) is 0.0444. The molecule has 0 saturated carbocycles. The van der Waals surface area contributed by atoms with Crippen molar-refractivity contribution in [3.05, 3.63) is 95.8 Å². The highest BCUT2D eigenvalue weighted by molar-refractivity contribution is 5.99. The van der Waals surface area contributed by atoms with Gasteiger partial charge in [-0.25, -0.2) is 4.79 Å². The first-order valence-corrected chi connectivity index (χ1v) is 21.1. The number of nitrogens with one attached hydrogen (secondary N) is 6. The van der Waals surface area contributed by atoms with Gasteiger partial charge in [0.25, 0.3) is 5.91 Å². The molecule has 0 aliphatic heterocycles. The van der Waals surface area contributed by atoms with Crippen molar-refractivity contribution in [2.75, 3.05) is 45.8 Å². The van der Waals surface area contributed by atoms with E-state index in [1.165, 1.54) is 39.6 Å². The van der Waals surface area contributed by atoms with Crippen molar-refractivity contribution in [1.82, 2.24) is 36.6 Å². The number of anilines is 1. The third-order valence-electron chi connectivity index (χ3n) is 9.80. The van der Waals surface area contributed by atoms with Gasteiger partial charge in [0.15, 0.2) is 6.61 Å². The maximum Gasteiger partial charge on any atom is 0.341 e. The molecule has 0 bridgehead atoms. The monoisotopic (exact) mass is 911 g/mol. The van der Waals surface area contributed by atoms with Gasteiger partial charge in [0.2, 0.25) is 29.5 Å². The molecule has 4 rings (SSSR count). The molecule has 4 aromatic rings. The summed E-state index contributed by atoms with van der Waals surface area (Å²) in [5.74, 6) is -2.88. The minimum Gasteiger partial charge on any atom is -0.497 e. The summed E-state index contributed by atoms with van der Waals surface area (Å²) in [7, 11) is 2.98. The van der Waals surface area contributed by atoms with E-state index in [-0.39, 0.29) is 30.4 Å². The first-order chi connectivity index (χ1) is 31.6. The number of carbonyl (C=O) groups is 7. The first-order valence-electron chi connectivity index (χ1n) is 21.1. The molecule has 3 atom stereocenters. The lowest BCUT2D eigenvalue weighted by atomic mass is 9.97. The number of hydrogen-bond donors (Lipinski definition) is 8. The zero-order valence-corrected chi connectivity index (χ0v) is 37.5. The number of amides is 6. The molecule has 0 radical (unpaired) electrons. The summed E-state index contributed by atoms with van der Waals surface area (Å²) >= 11 is 0. The number of pyridine rings is 2. The van der Waals surface area contributed by atoms with Crippen molar-refractivity contribution >= 4 is 47.1 Å². The summed E-state index contributed by atoms with van der Waals surface area (Å²) in [5, 5.41) is 25.1. The number of aliphatic carboxylic acids is 1. The minimum absolute atomic E-state index is 0.0848. The van der Waals surface area contributed by atoms with Crippen molar-refractivity contribution < 1.29 is 52.9 Å². The molecular weight excluding hydrogens is 855 g/mol. The summed E-state index contributed by atoms with van der Waals surface area (Å²) in [5.41, 5.74) is 8.25. The van der Waals surface area contributed by atoms with Gasteiger partial charge >= 0.3 is 5.97 Å². The number of hydrogen-bond acceptors (Lipinski definition) is 13. The maximum absolute atomic E-state index is 13.6. The van der Waals surface area contributed by atoms with Gasteiger partial charge in [0, 0.05) is 24.8 Å². The zero-order valence-electron chi connectivity index (χ0n) is 37.5. The Labute approximate surface area is 382 Å². The Morgan fingerprint density at radius 2 is 1.39 bits per heavy atom. The second-order valence-corrected chi connectivity index (χ2v) is 15.4. The van der Waals surface area contributed by atoms with E-state index in [2.05, 4.69) is 41.9 Å². The number of aromatic nitrogens is 2. The summed E-state index contributed by atoms with van der Waals surface area (Å²) in [6.45, 7) is 4.25. The van der Waals surface area contributed by atoms with Crippen molar-refractivity contribution in [2.45, 2.75) is 64.6 Å². The predicted molar refractivity (Wildman–Crippen MR) is 242 cm³/mol. The lowest BCUT2D eigenvalue weighted by Gasteiger charge is -2.23. The number of nitrogens with two attached hydrogens (primary N) is 1. The highest BCUT2D eigenvalue weighted by atomic mass is 16.5. The summed E-state index contributed by atoms with van der Waals surface area (Å²) in [6.07, 6.45) is 4.46. The van der Waals surface area contributed by atoms with E-state index in [1.54, 1.807) is 60.7 Å². The van der Waals surface area contributed by atoms with Crippen molar-refractivity contribution in [3.63, 3.8) is 0 Å². The van der Waals surface area contributed by atoms with E-state index in [4.69, 9.17) is 25.1 Å². The Hall–Kier alpha value is -7.61. The second-order valence-electron chi connectivity index (χ2n) is 15.4. The number of methoxy groups -OCH3 is 2. The molecule has 0 spiro atoms. The van der Waals surface area contributed by atoms with Gasteiger partial charge in [0.05, 0.1) is 62.2 Å². The molecule has 6 amide bonds. The van der Waals surface area contributed by atoms with E-state index in [0.29, 0.717) is 71.3 Å². The van der Waals surface area contributed by atoms with E-state index in [9.17, 15) is 33.6 Å². The Balaban J connectivity index is 1.40. The van der Waals surface area contributed by atoms with E-state index in [1.807, 2.05) is 13.8 Å². The van der Waals surface area contributed by atoms with Gasteiger partial charge in [-0.3, -0.25) is 38.7 Å². The molecule has 2 aromatic heterocycles. The van der Waals surface area contributed by atoms with Crippen molar-refractivity contribution in [2.24, 2.45) is 11.7 Å². The molecule has 20 heteroatoms. The van der Waals surface area contributed by atoms with Crippen LogP contribution in [-0.2, 0) is 28.8 Å². The molecule has 9 N–H and O–H groups in total. The van der Waals surface area contributed by atoms with Gasteiger partial charge in [-0.2, -0.15) is 0 Å². The SMILES string of the molecule is COc1ccc(C(NC(=O)CNC(=O)[C@H](CCCCN)NC(=O)c2ccc(-c3ccc(NC(=O)[C@H](CC(C)C)NC(=O)CNC(C)=O)cn3)nc2)c2ccc(OCC(=O)O)cc2)c(OC)c1. The number of carboxylic acid groups (broad SMARTS) is 1. The average molecular weight is 912 g/mol. The van der Waals surface area contributed by atoms with Crippen LogP contribution in [0.3, 0.4) is 0 Å². The molecular formula is C46H57N9O11. The molecule has 66 heavy (non-hydrogen) atoms. The van der Waals surface area contributed by atoms with Crippen LogP contribution in [0, 0.1) is 5.92 Å². The highest BCUT2D eigenvalue weighted by Crippen LogP contribution is 2.34. The summed E-state index contributed by atoms with van der Waals surface area (Å²) in [6, 6.07) is 15.2. The van der Waals surface area contributed by atoms with E-state index < -0.39 is 66.8 Å². The summed E-state index contributed by atoms with van der Waals surface area (Å²) in [4.78, 5) is 96.9. The number of nitrogens with zero attached hydrogens (tertiary/aromatic N) is 2. The molecule has 20 nitrogen and oxygen atoms in total. The lowest BCUT2D eigenvalue weighted by molar-refractivity contribution is -0.139. The van der Waals surface area contributed by atoms with Crippen LogP contribution in [0.25, 0.3) is 11.4 Å². The van der Waals surface area contributed by atoms with Crippen LogP contribution in [0.2, 0.25) is 0 Å². The number of carbonyl (C=O) groups excluding carboxylic acids is 6. The van der Waals surface area contributed by atoms with Gasteiger partial charge in [-0.1, -0.05) is 26.0 Å². The normalized spacial score (nSPS) is 12.1. The molecule has 0 fully saturated rings. The Kier molecular flexibility index (Phi) is 19.8. The number of benzene rings is 2. The molecule has 2 heterocycles. The molecule has 352 valence electrons. The van der Waals surface area contributed by atoms with Gasteiger partial charge in [0.1, 0.15) is 29.3 Å². The molecule has 0 saturated heterocycles. The fourth-order valence-corrected chi connectivity index (χ4v) is 6.49. The molecule has 1 unspecified atom stereocenters. The van der Waals surface area contributed by atoms with Crippen LogP contribution >= 0.6 is 0 Å². The van der Waals surface area contributed by atoms with Crippen LogP contribution in [0.5, 0.6) is 17.2 Å². The molecule has 2 aromatic carbocycles. The fourth-order valence-electron chi connectivity index (χ4n) is 6.49. The van der Waals surface area contributed by atoms with Crippen LogP contribution in [0.15, 0.2) is 79.1 Å². The highest BCUT2D eigenvalue weighted by Gasteiger charge is 2.26. The molecule has 0 aliphatic rings. The third-order valence-corrected chi connectivity index (χ3v) is 9.80. The largest absolute Gasteiger partial charge is 0.497 e.